The van der Waals surface area contributed by atoms with Crippen molar-refractivity contribution in [2.75, 3.05) is 19.0 Å². The standard InChI is InChI=1S/C13H18BrNO2/c1-9-5-10(14)7-11(6-9)15-8-13(2,3)12(16)17-4/h5-7,15H,8H2,1-4H3. The van der Waals surface area contributed by atoms with E-state index in [2.05, 4.69) is 21.2 Å². The zero-order valence-corrected chi connectivity index (χ0v) is 12.2. The summed E-state index contributed by atoms with van der Waals surface area (Å²) in [6.07, 6.45) is 0. The Morgan fingerprint density at radius 2 is 2.06 bits per heavy atom. The fourth-order valence-electron chi connectivity index (χ4n) is 1.51. The second-order valence-electron chi connectivity index (χ2n) is 4.75. The van der Waals surface area contributed by atoms with Gasteiger partial charge < -0.3 is 10.1 Å². The highest BCUT2D eigenvalue weighted by molar-refractivity contribution is 9.10. The predicted molar refractivity (Wildman–Crippen MR) is 73.2 cm³/mol. The van der Waals surface area contributed by atoms with Gasteiger partial charge in [0.15, 0.2) is 0 Å². The molecule has 0 bridgehead atoms. The van der Waals surface area contributed by atoms with Gasteiger partial charge in [0.1, 0.15) is 0 Å². The lowest BCUT2D eigenvalue weighted by molar-refractivity contribution is -0.149. The smallest absolute Gasteiger partial charge is 0.313 e. The van der Waals surface area contributed by atoms with E-state index in [-0.39, 0.29) is 5.97 Å². The van der Waals surface area contributed by atoms with Gasteiger partial charge in [-0.1, -0.05) is 15.9 Å². The van der Waals surface area contributed by atoms with Crippen molar-refractivity contribution >= 4 is 27.6 Å². The summed E-state index contributed by atoms with van der Waals surface area (Å²) in [7, 11) is 1.41. The second-order valence-corrected chi connectivity index (χ2v) is 5.66. The van der Waals surface area contributed by atoms with E-state index in [1.165, 1.54) is 7.11 Å². The first kappa shape index (κ1) is 14.0. The first-order chi connectivity index (χ1) is 7.85. The lowest BCUT2D eigenvalue weighted by Crippen LogP contribution is -2.33. The highest BCUT2D eigenvalue weighted by atomic mass is 79.9. The Balaban J connectivity index is 2.70. The summed E-state index contributed by atoms with van der Waals surface area (Å²) in [6.45, 7) is 6.28. The maximum absolute atomic E-state index is 11.5. The average molecular weight is 300 g/mol. The Hall–Kier alpha value is -1.03. The topological polar surface area (TPSA) is 38.3 Å². The molecular weight excluding hydrogens is 282 g/mol. The SMILES string of the molecule is COC(=O)C(C)(C)CNc1cc(C)cc(Br)c1. The number of carbonyl (C=O) groups is 1. The van der Waals surface area contributed by atoms with Crippen LogP contribution < -0.4 is 5.32 Å². The molecule has 4 heteroatoms. The lowest BCUT2D eigenvalue weighted by Gasteiger charge is -2.22. The van der Waals surface area contributed by atoms with Gasteiger partial charge >= 0.3 is 5.97 Å². The third-order valence-corrected chi connectivity index (χ3v) is 2.97. The minimum atomic E-state index is -0.537. The van der Waals surface area contributed by atoms with Crippen molar-refractivity contribution in [2.24, 2.45) is 5.41 Å². The van der Waals surface area contributed by atoms with Gasteiger partial charge in [0, 0.05) is 16.7 Å². The van der Waals surface area contributed by atoms with Crippen LogP contribution in [0, 0.1) is 12.3 Å². The highest BCUT2D eigenvalue weighted by Crippen LogP contribution is 2.22. The van der Waals surface area contributed by atoms with Crippen molar-refractivity contribution in [2.45, 2.75) is 20.8 Å². The number of hydrogen-bond acceptors (Lipinski definition) is 3. The van der Waals surface area contributed by atoms with Gasteiger partial charge in [-0.05, 0) is 44.5 Å². The van der Waals surface area contributed by atoms with Crippen LogP contribution in [-0.2, 0) is 9.53 Å². The zero-order chi connectivity index (χ0) is 13.1. The summed E-state index contributed by atoms with van der Waals surface area (Å²) < 4.78 is 5.79. The Bertz CT molecular complexity index is 396. The van der Waals surface area contributed by atoms with Gasteiger partial charge in [-0.25, -0.2) is 0 Å². The quantitative estimate of drug-likeness (QED) is 0.866. The van der Waals surface area contributed by atoms with E-state index in [4.69, 9.17) is 4.74 Å². The number of halogens is 1. The van der Waals surface area contributed by atoms with Crippen LogP contribution in [0.5, 0.6) is 0 Å². The molecule has 0 aromatic heterocycles. The largest absolute Gasteiger partial charge is 0.469 e. The molecule has 0 aliphatic heterocycles. The fourth-order valence-corrected chi connectivity index (χ4v) is 2.12. The first-order valence-electron chi connectivity index (χ1n) is 5.44. The number of ether oxygens (including phenoxy) is 1. The minimum absolute atomic E-state index is 0.211. The van der Waals surface area contributed by atoms with Gasteiger partial charge in [0.05, 0.1) is 12.5 Å². The monoisotopic (exact) mass is 299 g/mol. The van der Waals surface area contributed by atoms with Crippen molar-refractivity contribution in [3.8, 4) is 0 Å². The van der Waals surface area contributed by atoms with Gasteiger partial charge in [-0.15, -0.1) is 0 Å². The molecule has 0 aliphatic carbocycles. The van der Waals surface area contributed by atoms with Crippen LogP contribution in [0.25, 0.3) is 0 Å². The van der Waals surface area contributed by atoms with Gasteiger partial charge in [-0.3, -0.25) is 4.79 Å². The Morgan fingerprint density at radius 3 is 2.59 bits per heavy atom. The number of carbonyl (C=O) groups excluding carboxylic acids is 1. The molecule has 0 aliphatic rings. The second kappa shape index (κ2) is 5.54. The maximum Gasteiger partial charge on any atom is 0.313 e. The first-order valence-corrected chi connectivity index (χ1v) is 6.24. The molecule has 1 aromatic carbocycles. The Morgan fingerprint density at radius 1 is 1.41 bits per heavy atom. The van der Waals surface area contributed by atoms with Crippen LogP contribution in [-0.4, -0.2) is 19.6 Å². The molecule has 0 saturated heterocycles. The molecule has 0 spiro atoms. The van der Waals surface area contributed by atoms with Crippen LogP contribution >= 0.6 is 15.9 Å². The lowest BCUT2D eigenvalue weighted by atomic mass is 9.93. The molecular formula is C13H18BrNO2. The molecule has 0 unspecified atom stereocenters. The third kappa shape index (κ3) is 4.04. The molecule has 94 valence electrons. The number of methoxy groups -OCH3 is 1. The van der Waals surface area contributed by atoms with Crippen LogP contribution in [0.1, 0.15) is 19.4 Å². The molecule has 0 atom stereocenters. The van der Waals surface area contributed by atoms with Gasteiger partial charge in [-0.2, -0.15) is 0 Å². The minimum Gasteiger partial charge on any atom is -0.469 e. The van der Waals surface area contributed by atoms with Gasteiger partial charge in [0.2, 0.25) is 0 Å². The molecule has 0 heterocycles. The maximum atomic E-state index is 11.5. The zero-order valence-electron chi connectivity index (χ0n) is 10.6. The van der Waals surface area contributed by atoms with E-state index in [1.807, 2.05) is 39.0 Å². The molecule has 1 aromatic rings. The highest BCUT2D eigenvalue weighted by Gasteiger charge is 2.28. The predicted octanol–water partition coefficient (Wildman–Crippen LogP) is 3.37. The summed E-state index contributed by atoms with van der Waals surface area (Å²) in [4.78, 5) is 11.5. The van der Waals surface area contributed by atoms with Crippen LogP contribution in [0.2, 0.25) is 0 Å². The fraction of sp³-hybridized carbons (Fsp3) is 0.462. The Labute approximate surface area is 111 Å². The summed E-state index contributed by atoms with van der Waals surface area (Å²) in [6, 6.07) is 6.06. The molecule has 0 saturated carbocycles. The van der Waals surface area contributed by atoms with Crippen molar-refractivity contribution in [1.29, 1.82) is 0 Å². The van der Waals surface area contributed by atoms with Crippen LogP contribution in [0.4, 0.5) is 5.69 Å². The molecule has 1 N–H and O–H groups in total. The summed E-state index contributed by atoms with van der Waals surface area (Å²) in [5.74, 6) is -0.211. The van der Waals surface area contributed by atoms with Crippen molar-refractivity contribution in [3.63, 3.8) is 0 Å². The summed E-state index contributed by atoms with van der Waals surface area (Å²) in [5.41, 5.74) is 1.62. The number of nitrogens with one attached hydrogen (secondary N) is 1. The molecule has 1 rings (SSSR count). The van der Waals surface area contributed by atoms with E-state index in [0.29, 0.717) is 6.54 Å². The van der Waals surface area contributed by atoms with E-state index >= 15 is 0 Å². The van der Waals surface area contributed by atoms with E-state index in [1.54, 1.807) is 0 Å². The van der Waals surface area contributed by atoms with Crippen molar-refractivity contribution < 1.29 is 9.53 Å². The molecule has 17 heavy (non-hydrogen) atoms. The number of benzene rings is 1. The number of aryl methyl sites for hydroxylation is 1. The molecule has 0 amide bonds. The number of anilines is 1. The van der Waals surface area contributed by atoms with Crippen molar-refractivity contribution in [1.82, 2.24) is 0 Å². The third-order valence-electron chi connectivity index (χ3n) is 2.51. The number of hydrogen-bond donors (Lipinski definition) is 1. The molecule has 0 radical (unpaired) electrons. The van der Waals surface area contributed by atoms with Gasteiger partial charge in [0.25, 0.3) is 0 Å². The summed E-state index contributed by atoms with van der Waals surface area (Å²) in [5, 5.41) is 3.25. The van der Waals surface area contributed by atoms with E-state index in [9.17, 15) is 4.79 Å². The molecule has 0 fully saturated rings. The Kier molecular flexibility index (Phi) is 4.57. The van der Waals surface area contributed by atoms with E-state index < -0.39 is 5.41 Å². The average Bonchev–Trinajstić information content (AvgIpc) is 2.24. The molecule has 3 nitrogen and oxygen atoms in total. The van der Waals surface area contributed by atoms with E-state index in [0.717, 1.165) is 15.7 Å². The van der Waals surface area contributed by atoms with Crippen molar-refractivity contribution in [3.05, 3.63) is 28.2 Å². The van der Waals surface area contributed by atoms with Crippen LogP contribution in [0.15, 0.2) is 22.7 Å². The number of rotatable bonds is 4. The summed E-state index contributed by atoms with van der Waals surface area (Å²) >= 11 is 3.44. The number of esters is 1. The van der Waals surface area contributed by atoms with Crippen LogP contribution in [0.3, 0.4) is 0 Å². The normalized spacial score (nSPS) is 11.1.